The lowest BCUT2D eigenvalue weighted by Gasteiger charge is -2.54. The fourth-order valence-corrected chi connectivity index (χ4v) is 6.50. The number of hydrogen-bond acceptors (Lipinski definition) is 4. The summed E-state index contributed by atoms with van der Waals surface area (Å²) in [7, 11) is 0. The molecular weight excluding hydrogens is 474 g/mol. The average Bonchev–Trinajstić information content (AvgIpc) is 2.93. The van der Waals surface area contributed by atoms with Crippen LogP contribution in [0.5, 0.6) is 5.75 Å². The van der Waals surface area contributed by atoms with E-state index in [4.69, 9.17) is 0 Å². The molecule has 0 bridgehead atoms. The van der Waals surface area contributed by atoms with Crippen LogP contribution in [-0.2, 0) is 9.59 Å². The summed E-state index contributed by atoms with van der Waals surface area (Å²) in [5, 5.41) is 12.8. The monoisotopic (exact) mass is 513 g/mol. The van der Waals surface area contributed by atoms with Crippen LogP contribution in [0.15, 0.2) is 54.6 Å². The second-order valence-corrected chi connectivity index (χ2v) is 11.4. The van der Waals surface area contributed by atoms with Gasteiger partial charge in [-0.3, -0.25) is 9.59 Å². The summed E-state index contributed by atoms with van der Waals surface area (Å²) in [5.41, 5.74) is 2.43. The number of para-hydroxylation sites is 1. The molecule has 200 valence electrons. The van der Waals surface area contributed by atoms with Crippen molar-refractivity contribution in [2.75, 3.05) is 31.1 Å². The van der Waals surface area contributed by atoms with E-state index in [0.29, 0.717) is 12.3 Å². The summed E-state index contributed by atoms with van der Waals surface area (Å²) >= 11 is 0. The van der Waals surface area contributed by atoms with E-state index < -0.39 is 0 Å². The number of rotatable bonds is 6. The van der Waals surface area contributed by atoms with E-state index in [0.717, 1.165) is 70.3 Å². The van der Waals surface area contributed by atoms with Gasteiger partial charge in [0.25, 0.3) is 0 Å². The summed E-state index contributed by atoms with van der Waals surface area (Å²) in [6.07, 6.45) is 6.23. The molecule has 2 N–H and O–H groups in total. The van der Waals surface area contributed by atoms with Crippen molar-refractivity contribution >= 4 is 17.5 Å². The van der Waals surface area contributed by atoms with Gasteiger partial charge < -0.3 is 20.2 Å². The van der Waals surface area contributed by atoms with Crippen LogP contribution in [0, 0.1) is 23.2 Å². The third-order valence-electron chi connectivity index (χ3n) is 8.74. The fourth-order valence-electron chi connectivity index (χ4n) is 6.50. The van der Waals surface area contributed by atoms with Crippen molar-refractivity contribution in [3.8, 4) is 17.6 Å². The van der Waals surface area contributed by atoms with Crippen LogP contribution in [0.4, 0.5) is 5.69 Å². The van der Waals surface area contributed by atoms with E-state index >= 15 is 0 Å². The Bertz CT molecular complexity index is 1160. The molecule has 2 aromatic rings. The topological polar surface area (TPSA) is 72.9 Å². The number of likely N-dealkylation sites (tertiary alicyclic amines) is 1. The molecule has 6 heteroatoms. The van der Waals surface area contributed by atoms with E-state index in [1.54, 1.807) is 19.1 Å². The predicted molar refractivity (Wildman–Crippen MR) is 150 cm³/mol. The molecule has 1 saturated carbocycles. The second-order valence-electron chi connectivity index (χ2n) is 11.4. The van der Waals surface area contributed by atoms with E-state index in [1.807, 2.05) is 18.2 Å². The maximum absolute atomic E-state index is 13.2. The number of aromatic hydroxyl groups is 1. The van der Waals surface area contributed by atoms with E-state index in [-0.39, 0.29) is 34.9 Å². The summed E-state index contributed by atoms with van der Waals surface area (Å²) < 4.78 is 0. The molecule has 2 saturated heterocycles. The molecule has 1 spiro atoms. The highest BCUT2D eigenvalue weighted by molar-refractivity contribution is 5.80. The SMILES string of the molecule is CC#C[C@@H](CC(=O)NC1CCC2(CC1)CN(C(=O)C1CCN(c3ccccc3)CC1)C2)c1ccc(O)cc1. The highest BCUT2D eigenvalue weighted by Gasteiger charge is 2.48. The van der Waals surface area contributed by atoms with Gasteiger partial charge in [0.1, 0.15) is 5.75 Å². The lowest BCUT2D eigenvalue weighted by molar-refractivity contribution is -0.151. The van der Waals surface area contributed by atoms with Crippen molar-refractivity contribution in [2.45, 2.75) is 63.8 Å². The molecule has 1 atom stereocenters. The van der Waals surface area contributed by atoms with Gasteiger partial charge in [-0.25, -0.2) is 0 Å². The Labute approximate surface area is 226 Å². The van der Waals surface area contributed by atoms with E-state index in [2.05, 4.69) is 51.2 Å². The van der Waals surface area contributed by atoms with Crippen LogP contribution in [0.3, 0.4) is 0 Å². The van der Waals surface area contributed by atoms with Gasteiger partial charge >= 0.3 is 0 Å². The molecule has 6 nitrogen and oxygen atoms in total. The number of nitrogens with one attached hydrogen (secondary N) is 1. The Kier molecular flexibility index (Phi) is 7.93. The molecule has 2 heterocycles. The number of phenols is 1. The summed E-state index contributed by atoms with van der Waals surface area (Å²) in [5.74, 6) is 6.62. The highest BCUT2D eigenvalue weighted by atomic mass is 16.3. The zero-order chi connectivity index (χ0) is 26.5. The minimum atomic E-state index is -0.179. The zero-order valence-electron chi connectivity index (χ0n) is 22.4. The number of nitrogens with zero attached hydrogens (tertiary/aromatic N) is 2. The molecule has 1 aliphatic carbocycles. The Morgan fingerprint density at radius 2 is 1.66 bits per heavy atom. The highest BCUT2D eigenvalue weighted by Crippen LogP contribution is 2.45. The van der Waals surface area contributed by atoms with Gasteiger partial charge in [0, 0.05) is 55.7 Å². The third-order valence-corrected chi connectivity index (χ3v) is 8.74. The lowest BCUT2D eigenvalue weighted by Crippen LogP contribution is -2.62. The van der Waals surface area contributed by atoms with Crippen molar-refractivity contribution < 1.29 is 14.7 Å². The Morgan fingerprint density at radius 1 is 1.00 bits per heavy atom. The zero-order valence-corrected chi connectivity index (χ0v) is 22.4. The quantitative estimate of drug-likeness (QED) is 0.550. The van der Waals surface area contributed by atoms with Gasteiger partial charge in [0.05, 0.1) is 5.92 Å². The van der Waals surface area contributed by atoms with Gasteiger partial charge in [0.2, 0.25) is 11.8 Å². The normalized spacial score (nSPS) is 20.2. The molecule has 0 radical (unpaired) electrons. The van der Waals surface area contributed by atoms with Crippen LogP contribution < -0.4 is 10.2 Å². The van der Waals surface area contributed by atoms with E-state index in [1.165, 1.54) is 5.69 Å². The molecule has 3 fully saturated rings. The van der Waals surface area contributed by atoms with Crippen LogP contribution in [0.1, 0.15) is 63.4 Å². The molecular formula is C32H39N3O3. The van der Waals surface area contributed by atoms with Crippen molar-refractivity contribution in [3.63, 3.8) is 0 Å². The van der Waals surface area contributed by atoms with Crippen LogP contribution in [0.2, 0.25) is 0 Å². The first kappa shape index (κ1) is 26.2. The fraction of sp³-hybridized carbons (Fsp3) is 0.500. The summed E-state index contributed by atoms with van der Waals surface area (Å²) in [6.45, 7) is 5.42. The van der Waals surface area contributed by atoms with Crippen molar-refractivity contribution in [1.82, 2.24) is 10.2 Å². The average molecular weight is 514 g/mol. The molecule has 38 heavy (non-hydrogen) atoms. The van der Waals surface area contributed by atoms with Crippen LogP contribution >= 0.6 is 0 Å². The Morgan fingerprint density at radius 3 is 2.29 bits per heavy atom. The van der Waals surface area contributed by atoms with Crippen LogP contribution in [0.25, 0.3) is 0 Å². The summed E-state index contributed by atoms with van der Waals surface area (Å²) in [4.78, 5) is 30.5. The number of carbonyl (C=O) groups is 2. The first-order chi connectivity index (χ1) is 18.4. The third kappa shape index (κ3) is 5.99. The van der Waals surface area contributed by atoms with Gasteiger partial charge in [0.15, 0.2) is 0 Å². The number of piperidine rings is 1. The van der Waals surface area contributed by atoms with E-state index in [9.17, 15) is 14.7 Å². The van der Waals surface area contributed by atoms with Gasteiger partial charge in [-0.2, -0.15) is 0 Å². The minimum Gasteiger partial charge on any atom is -0.508 e. The van der Waals surface area contributed by atoms with Crippen molar-refractivity contribution in [2.24, 2.45) is 11.3 Å². The smallest absolute Gasteiger partial charge is 0.225 e. The van der Waals surface area contributed by atoms with Crippen molar-refractivity contribution in [1.29, 1.82) is 0 Å². The number of amides is 2. The molecule has 3 aliphatic rings. The molecule has 0 aromatic heterocycles. The number of anilines is 1. The number of carbonyl (C=O) groups excluding carboxylic acids is 2. The minimum absolute atomic E-state index is 0.0269. The molecule has 5 rings (SSSR count). The number of hydrogen-bond donors (Lipinski definition) is 2. The number of benzene rings is 2. The van der Waals surface area contributed by atoms with Gasteiger partial charge in [-0.1, -0.05) is 36.3 Å². The molecule has 2 amide bonds. The lowest BCUT2D eigenvalue weighted by atomic mass is 9.67. The number of phenolic OH excluding ortho intramolecular Hbond substituents is 1. The van der Waals surface area contributed by atoms with Gasteiger partial charge in [-0.05, 0) is 75.3 Å². The standard InChI is InChI=1S/C32H39N3O3/c1-2-6-26(24-9-11-29(36)12-10-24)21-30(37)33-27-13-17-32(18-14-27)22-35(23-32)31(38)25-15-19-34(20-16-25)28-7-4-3-5-8-28/h3-5,7-12,25-27,36H,13-23H2,1H3,(H,33,37)/t26-/m0/s1. The molecule has 2 aromatic carbocycles. The Balaban J connectivity index is 1.04. The van der Waals surface area contributed by atoms with Crippen LogP contribution in [-0.4, -0.2) is 54.0 Å². The van der Waals surface area contributed by atoms with Gasteiger partial charge in [-0.15, -0.1) is 5.92 Å². The second kappa shape index (κ2) is 11.5. The first-order valence-corrected chi connectivity index (χ1v) is 14.0. The molecule has 0 unspecified atom stereocenters. The van der Waals surface area contributed by atoms with Crippen molar-refractivity contribution in [3.05, 3.63) is 60.2 Å². The molecule has 2 aliphatic heterocycles. The Hall–Kier alpha value is -3.46. The predicted octanol–water partition coefficient (Wildman–Crippen LogP) is 4.69. The largest absolute Gasteiger partial charge is 0.508 e. The summed E-state index contributed by atoms with van der Waals surface area (Å²) in [6, 6.07) is 17.6. The maximum atomic E-state index is 13.2. The maximum Gasteiger partial charge on any atom is 0.225 e. The first-order valence-electron chi connectivity index (χ1n) is 14.0.